The van der Waals surface area contributed by atoms with Gasteiger partial charge in [-0.3, -0.25) is 0 Å². The van der Waals surface area contributed by atoms with E-state index < -0.39 is 25.8 Å². The molecule has 1 aromatic heterocycles. The molecule has 0 aliphatic heterocycles. The predicted molar refractivity (Wildman–Crippen MR) is 70.8 cm³/mol. The SMILES string of the molecule is CCS(=O)(=O)CCNS(=O)(=O)c1csc(C(=O)O)c1. The molecular formula is C9H13NO6S3. The minimum absolute atomic E-state index is 0.0592. The third-order valence-corrected chi connectivity index (χ3v) is 6.46. The molecule has 0 spiro atoms. The summed E-state index contributed by atoms with van der Waals surface area (Å²) >= 11 is 0.791. The van der Waals surface area contributed by atoms with E-state index in [1.165, 1.54) is 12.3 Å². The van der Waals surface area contributed by atoms with Crippen LogP contribution in [0.2, 0.25) is 0 Å². The molecule has 0 bridgehead atoms. The third-order valence-electron chi connectivity index (χ3n) is 2.24. The smallest absolute Gasteiger partial charge is 0.345 e. The van der Waals surface area contributed by atoms with Gasteiger partial charge in [0, 0.05) is 17.7 Å². The molecule has 0 amide bonds. The Bertz CT molecular complexity index is 658. The van der Waals surface area contributed by atoms with Crippen LogP contribution in [0.3, 0.4) is 0 Å². The highest BCUT2D eigenvalue weighted by Gasteiger charge is 2.19. The molecule has 10 heteroatoms. The highest BCUT2D eigenvalue weighted by atomic mass is 32.2. The topological polar surface area (TPSA) is 118 Å². The van der Waals surface area contributed by atoms with Gasteiger partial charge in [-0.15, -0.1) is 11.3 Å². The van der Waals surface area contributed by atoms with Gasteiger partial charge in [0.1, 0.15) is 4.88 Å². The maximum Gasteiger partial charge on any atom is 0.345 e. The number of carbonyl (C=O) groups is 1. The average Bonchev–Trinajstić information content (AvgIpc) is 2.78. The zero-order valence-electron chi connectivity index (χ0n) is 9.99. The van der Waals surface area contributed by atoms with E-state index in [0.717, 1.165) is 17.4 Å². The van der Waals surface area contributed by atoms with Gasteiger partial charge in [-0.25, -0.2) is 26.4 Å². The molecule has 0 saturated heterocycles. The van der Waals surface area contributed by atoms with Gasteiger partial charge < -0.3 is 5.11 Å². The third kappa shape index (κ3) is 4.56. The minimum atomic E-state index is -3.87. The Kier molecular flexibility index (Phi) is 5.07. The Morgan fingerprint density at radius 1 is 1.37 bits per heavy atom. The molecule has 0 atom stereocenters. The lowest BCUT2D eigenvalue weighted by Crippen LogP contribution is -2.29. The van der Waals surface area contributed by atoms with Crippen LogP contribution < -0.4 is 4.72 Å². The summed E-state index contributed by atoms with van der Waals surface area (Å²) in [5.74, 6) is -1.56. The van der Waals surface area contributed by atoms with Crippen molar-refractivity contribution in [2.75, 3.05) is 18.1 Å². The maximum absolute atomic E-state index is 11.8. The van der Waals surface area contributed by atoms with Crippen molar-refractivity contribution in [1.29, 1.82) is 0 Å². The first-order valence-corrected chi connectivity index (χ1v) is 9.38. The fourth-order valence-electron chi connectivity index (χ4n) is 1.13. The van der Waals surface area contributed by atoms with Crippen molar-refractivity contribution >= 4 is 37.2 Å². The van der Waals surface area contributed by atoms with Crippen molar-refractivity contribution in [3.8, 4) is 0 Å². The maximum atomic E-state index is 11.8. The van der Waals surface area contributed by atoms with E-state index in [-0.39, 0.29) is 27.8 Å². The monoisotopic (exact) mass is 327 g/mol. The summed E-state index contributed by atoms with van der Waals surface area (Å²) in [4.78, 5) is 10.4. The zero-order valence-corrected chi connectivity index (χ0v) is 12.4. The van der Waals surface area contributed by atoms with Gasteiger partial charge >= 0.3 is 5.97 Å². The summed E-state index contributed by atoms with van der Waals surface area (Å²) < 4.78 is 48.0. The number of carboxylic acid groups (broad SMARTS) is 1. The molecular weight excluding hydrogens is 314 g/mol. The molecule has 0 aliphatic carbocycles. The van der Waals surface area contributed by atoms with E-state index in [1.54, 1.807) is 0 Å². The van der Waals surface area contributed by atoms with Gasteiger partial charge in [0.25, 0.3) is 0 Å². The molecule has 2 N–H and O–H groups in total. The first-order valence-electron chi connectivity index (χ1n) is 5.20. The second kappa shape index (κ2) is 5.99. The molecule has 0 aliphatic rings. The van der Waals surface area contributed by atoms with E-state index >= 15 is 0 Å². The van der Waals surface area contributed by atoms with Crippen LogP contribution in [0.1, 0.15) is 16.6 Å². The van der Waals surface area contributed by atoms with Crippen molar-refractivity contribution in [2.24, 2.45) is 0 Å². The molecule has 0 radical (unpaired) electrons. The number of hydrogen-bond acceptors (Lipinski definition) is 6. The lowest BCUT2D eigenvalue weighted by Gasteiger charge is -2.04. The zero-order chi connectivity index (χ0) is 14.7. The number of nitrogens with one attached hydrogen (secondary N) is 1. The predicted octanol–water partition coefficient (Wildman–Crippen LogP) is 0.159. The minimum Gasteiger partial charge on any atom is -0.477 e. The Morgan fingerprint density at radius 2 is 2.00 bits per heavy atom. The largest absolute Gasteiger partial charge is 0.477 e. The standard InChI is InChI=1S/C9H13NO6S3/c1-2-18(13,14)4-3-10-19(15,16)7-5-8(9(11)12)17-6-7/h5-6,10H,2-4H2,1H3,(H,11,12). The van der Waals surface area contributed by atoms with Crippen LogP contribution >= 0.6 is 11.3 Å². The summed E-state index contributed by atoms with van der Waals surface area (Å²) in [6.07, 6.45) is 0. The molecule has 1 rings (SSSR count). The first kappa shape index (κ1) is 16.1. The Labute approximate surface area is 115 Å². The Balaban J connectivity index is 2.73. The van der Waals surface area contributed by atoms with Crippen LogP contribution in [-0.2, 0) is 19.9 Å². The number of hydrogen-bond donors (Lipinski definition) is 2. The van der Waals surface area contributed by atoms with E-state index in [1.807, 2.05) is 0 Å². The van der Waals surface area contributed by atoms with E-state index in [0.29, 0.717) is 0 Å². The van der Waals surface area contributed by atoms with Gasteiger partial charge in [0.15, 0.2) is 9.84 Å². The van der Waals surface area contributed by atoms with Crippen LogP contribution in [0.25, 0.3) is 0 Å². The van der Waals surface area contributed by atoms with E-state index in [4.69, 9.17) is 5.11 Å². The lowest BCUT2D eigenvalue weighted by atomic mass is 10.5. The van der Waals surface area contributed by atoms with Crippen LogP contribution in [0.4, 0.5) is 0 Å². The molecule has 0 aromatic carbocycles. The number of thiophene rings is 1. The second-order valence-corrected chi connectivity index (χ2v) is 8.74. The van der Waals surface area contributed by atoms with Crippen molar-refractivity contribution < 1.29 is 26.7 Å². The summed E-state index contributed by atoms with van der Waals surface area (Å²) in [7, 11) is -7.12. The van der Waals surface area contributed by atoms with Gasteiger partial charge in [0.05, 0.1) is 10.6 Å². The number of sulfonamides is 1. The Hall–Kier alpha value is -0.970. The molecule has 1 heterocycles. The molecule has 1 aromatic rings. The molecule has 19 heavy (non-hydrogen) atoms. The average molecular weight is 327 g/mol. The van der Waals surface area contributed by atoms with Gasteiger partial charge in [-0.1, -0.05) is 6.92 Å². The molecule has 0 unspecified atom stereocenters. The summed E-state index contributed by atoms with van der Waals surface area (Å²) in [6.45, 7) is 1.23. The number of rotatable bonds is 7. The molecule has 0 saturated carbocycles. The van der Waals surface area contributed by atoms with E-state index in [2.05, 4.69) is 4.72 Å². The second-order valence-electron chi connectivity index (χ2n) is 3.59. The van der Waals surface area contributed by atoms with Gasteiger partial charge in [0.2, 0.25) is 10.0 Å². The van der Waals surface area contributed by atoms with Crippen molar-refractivity contribution in [3.63, 3.8) is 0 Å². The number of sulfone groups is 1. The molecule has 7 nitrogen and oxygen atoms in total. The fraction of sp³-hybridized carbons (Fsp3) is 0.444. The Morgan fingerprint density at radius 3 is 2.47 bits per heavy atom. The van der Waals surface area contributed by atoms with Gasteiger partial charge in [-0.2, -0.15) is 0 Å². The van der Waals surface area contributed by atoms with Crippen LogP contribution in [0.5, 0.6) is 0 Å². The van der Waals surface area contributed by atoms with Gasteiger partial charge in [-0.05, 0) is 6.07 Å². The van der Waals surface area contributed by atoms with Crippen molar-refractivity contribution in [1.82, 2.24) is 4.72 Å². The van der Waals surface area contributed by atoms with Crippen molar-refractivity contribution in [2.45, 2.75) is 11.8 Å². The normalized spacial score (nSPS) is 12.5. The fourth-order valence-corrected chi connectivity index (χ4v) is 4.11. The first-order chi connectivity index (χ1) is 8.68. The number of carboxylic acids is 1. The highest BCUT2D eigenvalue weighted by molar-refractivity contribution is 7.91. The van der Waals surface area contributed by atoms with Crippen LogP contribution in [-0.4, -0.2) is 46.0 Å². The molecule has 108 valence electrons. The van der Waals surface area contributed by atoms with Crippen molar-refractivity contribution in [3.05, 3.63) is 16.3 Å². The number of aromatic carboxylic acids is 1. The van der Waals surface area contributed by atoms with Crippen LogP contribution in [0.15, 0.2) is 16.3 Å². The molecule has 0 fully saturated rings. The van der Waals surface area contributed by atoms with E-state index in [9.17, 15) is 21.6 Å². The summed E-state index contributed by atoms with van der Waals surface area (Å²) in [5, 5.41) is 9.89. The summed E-state index contributed by atoms with van der Waals surface area (Å²) in [6, 6.07) is 1.03. The lowest BCUT2D eigenvalue weighted by molar-refractivity contribution is 0.0702. The highest BCUT2D eigenvalue weighted by Crippen LogP contribution is 2.18. The summed E-state index contributed by atoms with van der Waals surface area (Å²) in [5.41, 5.74) is 0. The van der Waals surface area contributed by atoms with Crippen LogP contribution in [0, 0.1) is 0 Å². The quantitative estimate of drug-likeness (QED) is 0.736.